The Morgan fingerprint density at radius 3 is 2.32 bits per heavy atom. The summed E-state index contributed by atoms with van der Waals surface area (Å²) < 4.78 is 0. The molecule has 0 bridgehead atoms. The zero-order chi connectivity index (χ0) is 14.7. The molecule has 0 amide bonds. The monoisotopic (exact) mass is 325 g/mol. The molecule has 3 nitrogen and oxygen atoms in total. The van der Waals surface area contributed by atoms with Gasteiger partial charge in [0.2, 0.25) is 0 Å². The zero-order valence-electron chi connectivity index (χ0n) is 13.0. The van der Waals surface area contributed by atoms with Gasteiger partial charge in [-0.05, 0) is 29.7 Å². The van der Waals surface area contributed by atoms with Crippen molar-refractivity contribution in [3.8, 4) is 0 Å². The Morgan fingerprint density at radius 2 is 1.77 bits per heavy atom. The van der Waals surface area contributed by atoms with Crippen molar-refractivity contribution in [2.45, 2.75) is 20.4 Å². The quantitative estimate of drug-likeness (QED) is 0.491. The molecule has 1 unspecified atom stereocenters. The molecule has 0 aliphatic heterocycles. The number of aliphatic carboxylic acids is 1. The van der Waals surface area contributed by atoms with Gasteiger partial charge in [-0.3, -0.25) is 4.79 Å². The standard InChI is InChI=1S/C16H15NO2S.CH4.Na.H/c1-10-5-7-11(8-6-10)15(20)13-4-2-3-12(9-13)14(17)16(18)19;;;/h2-9,14H,17H2,1H3,(H,18,19);1H4;;/q;;+1;-1. The maximum absolute atomic E-state index is 10.9. The van der Waals surface area contributed by atoms with Crippen LogP contribution in [0.15, 0.2) is 48.5 Å². The molecule has 0 fully saturated rings. The largest absolute Gasteiger partial charge is 1.00 e. The number of nitrogens with two attached hydrogens (primary N) is 1. The summed E-state index contributed by atoms with van der Waals surface area (Å²) in [7, 11) is 0. The van der Waals surface area contributed by atoms with Gasteiger partial charge in [0.15, 0.2) is 0 Å². The van der Waals surface area contributed by atoms with Gasteiger partial charge in [-0.15, -0.1) is 0 Å². The topological polar surface area (TPSA) is 63.3 Å². The molecule has 112 valence electrons. The number of carboxylic acid groups (broad SMARTS) is 1. The maximum atomic E-state index is 10.9. The van der Waals surface area contributed by atoms with E-state index in [2.05, 4.69) is 0 Å². The van der Waals surface area contributed by atoms with Gasteiger partial charge in [0.25, 0.3) is 0 Å². The van der Waals surface area contributed by atoms with Crippen LogP contribution in [0.5, 0.6) is 0 Å². The minimum Gasteiger partial charge on any atom is -1.00 e. The summed E-state index contributed by atoms with van der Waals surface area (Å²) in [6.07, 6.45) is 0. The molecule has 0 heterocycles. The molecule has 5 heteroatoms. The third kappa shape index (κ3) is 5.00. The summed E-state index contributed by atoms with van der Waals surface area (Å²) in [4.78, 5) is 11.6. The van der Waals surface area contributed by atoms with Crippen molar-refractivity contribution in [3.63, 3.8) is 0 Å². The van der Waals surface area contributed by atoms with Crippen LogP contribution in [0.3, 0.4) is 0 Å². The van der Waals surface area contributed by atoms with Crippen molar-refractivity contribution in [2.75, 3.05) is 0 Å². The molecule has 0 aliphatic rings. The zero-order valence-corrected chi connectivity index (χ0v) is 14.9. The van der Waals surface area contributed by atoms with E-state index in [-0.39, 0.29) is 38.4 Å². The summed E-state index contributed by atoms with van der Waals surface area (Å²) in [6, 6.07) is 13.9. The average molecular weight is 325 g/mol. The van der Waals surface area contributed by atoms with Crippen LogP contribution in [0, 0.1) is 6.92 Å². The SMILES string of the molecule is C.Cc1ccc(C(=S)c2cccc(C(N)C(=O)O)c2)cc1.[H-].[Na+]. The predicted molar refractivity (Wildman–Crippen MR) is 90.8 cm³/mol. The van der Waals surface area contributed by atoms with E-state index < -0.39 is 12.0 Å². The summed E-state index contributed by atoms with van der Waals surface area (Å²) in [5, 5.41) is 8.95. The number of thiocarbonyl (C=S) groups is 1. The molecule has 1 atom stereocenters. The second-order valence-electron chi connectivity index (χ2n) is 4.64. The van der Waals surface area contributed by atoms with Gasteiger partial charge < -0.3 is 12.3 Å². The molecule has 0 saturated heterocycles. The fraction of sp³-hybridized carbons (Fsp3) is 0.176. The van der Waals surface area contributed by atoms with Crippen molar-refractivity contribution in [2.24, 2.45) is 5.73 Å². The molecular formula is C17H20NNaO2S. The summed E-state index contributed by atoms with van der Waals surface area (Å²) in [6.45, 7) is 2.01. The molecule has 0 radical (unpaired) electrons. The third-order valence-electron chi connectivity index (χ3n) is 3.09. The van der Waals surface area contributed by atoms with E-state index in [1.54, 1.807) is 18.2 Å². The number of carboxylic acids is 1. The minimum absolute atomic E-state index is 0. The Hall–Kier alpha value is -1.04. The van der Waals surface area contributed by atoms with E-state index in [0.717, 1.165) is 11.1 Å². The van der Waals surface area contributed by atoms with Crippen molar-refractivity contribution >= 4 is 23.1 Å². The number of rotatable bonds is 4. The predicted octanol–water partition coefficient (Wildman–Crippen LogP) is 0.598. The third-order valence-corrected chi connectivity index (χ3v) is 3.56. The van der Waals surface area contributed by atoms with E-state index in [9.17, 15) is 4.79 Å². The first-order chi connectivity index (χ1) is 9.49. The molecule has 0 aliphatic carbocycles. The van der Waals surface area contributed by atoms with Crippen molar-refractivity contribution in [1.29, 1.82) is 0 Å². The molecule has 2 rings (SSSR count). The Kier molecular flexibility index (Phi) is 8.74. The molecule has 3 N–H and O–H groups in total. The molecular weight excluding hydrogens is 305 g/mol. The second-order valence-corrected chi connectivity index (χ2v) is 5.04. The molecule has 2 aromatic carbocycles. The summed E-state index contributed by atoms with van der Waals surface area (Å²) >= 11 is 5.45. The number of carbonyl (C=O) groups is 1. The fourth-order valence-corrected chi connectivity index (χ4v) is 2.15. The molecule has 2 aromatic rings. The second kappa shape index (κ2) is 9.18. The Morgan fingerprint density at radius 1 is 1.18 bits per heavy atom. The first-order valence-corrected chi connectivity index (χ1v) is 6.59. The van der Waals surface area contributed by atoms with Crippen LogP contribution in [0.25, 0.3) is 0 Å². The van der Waals surface area contributed by atoms with Gasteiger partial charge in [-0.1, -0.05) is 67.7 Å². The smallest absolute Gasteiger partial charge is 1.00 e. The first kappa shape index (κ1) is 21.0. The molecule has 0 spiro atoms. The van der Waals surface area contributed by atoms with Crippen LogP contribution in [-0.2, 0) is 4.79 Å². The van der Waals surface area contributed by atoms with Crippen LogP contribution < -0.4 is 35.3 Å². The van der Waals surface area contributed by atoms with E-state index in [4.69, 9.17) is 23.1 Å². The Balaban J connectivity index is 0. The van der Waals surface area contributed by atoms with Gasteiger partial charge >= 0.3 is 35.5 Å². The van der Waals surface area contributed by atoms with Crippen LogP contribution >= 0.6 is 12.2 Å². The van der Waals surface area contributed by atoms with Gasteiger partial charge in [0.1, 0.15) is 6.04 Å². The molecule has 22 heavy (non-hydrogen) atoms. The van der Waals surface area contributed by atoms with Gasteiger partial charge in [0, 0.05) is 0 Å². The normalized spacial score (nSPS) is 10.8. The van der Waals surface area contributed by atoms with Crippen LogP contribution in [0.2, 0.25) is 0 Å². The van der Waals surface area contributed by atoms with E-state index >= 15 is 0 Å². The summed E-state index contributed by atoms with van der Waals surface area (Å²) in [5.41, 5.74) is 9.07. The Labute approximate surface area is 160 Å². The van der Waals surface area contributed by atoms with Crippen LogP contribution in [0.1, 0.15) is 37.1 Å². The average Bonchev–Trinajstić information content (AvgIpc) is 2.46. The first-order valence-electron chi connectivity index (χ1n) is 6.19. The number of aryl methyl sites for hydroxylation is 1. The van der Waals surface area contributed by atoms with Gasteiger partial charge in [0.05, 0.1) is 4.86 Å². The van der Waals surface area contributed by atoms with Crippen LogP contribution in [0.4, 0.5) is 0 Å². The molecule has 0 saturated carbocycles. The fourth-order valence-electron chi connectivity index (χ4n) is 1.89. The van der Waals surface area contributed by atoms with Crippen molar-refractivity contribution < 1.29 is 40.9 Å². The van der Waals surface area contributed by atoms with Gasteiger partial charge in [-0.25, -0.2) is 0 Å². The van der Waals surface area contributed by atoms with Crippen molar-refractivity contribution in [3.05, 3.63) is 70.8 Å². The van der Waals surface area contributed by atoms with Crippen LogP contribution in [-0.4, -0.2) is 15.9 Å². The maximum Gasteiger partial charge on any atom is 1.00 e. The van der Waals surface area contributed by atoms with E-state index in [0.29, 0.717) is 10.4 Å². The minimum atomic E-state index is -1.05. The van der Waals surface area contributed by atoms with Crippen molar-refractivity contribution in [1.82, 2.24) is 0 Å². The Bertz CT molecular complexity index is 662. The molecule has 0 aromatic heterocycles. The number of benzene rings is 2. The number of hydrogen-bond donors (Lipinski definition) is 2. The van der Waals surface area contributed by atoms with Gasteiger partial charge in [-0.2, -0.15) is 0 Å². The summed E-state index contributed by atoms with van der Waals surface area (Å²) in [5.74, 6) is -1.05. The van der Waals surface area contributed by atoms with E-state index in [1.807, 2.05) is 37.3 Å². The van der Waals surface area contributed by atoms with E-state index in [1.165, 1.54) is 5.56 Å². The number of hydrogen-bond acceptors (Lipinski definition) is 3.